The minimum absolute atomic E-state index is 0.625. The Morgan fingerprint density at radius 2 is 1.85 bits per heavy atom. The molecule has 0 aromatic carbocycles. The summed E-state index contributed by atoms with van der Waals surface area (Å²) < 4.78 is 5.32. The number of aromatic nitrogens is 3. The van der Waals surface area contributed by atoms with Crippen molar-refractivity contribution < 1.29 is 4.52 Å². The van der Waals surface area contributed by atoms with Gasteiger partial charge in [-0.1, -0.05) is 5.16 Å². The van der Waals surface area contributed by atoms with Crippen LogP contribution < -0.4 is 4.90 Å². The monoisotopic (exact) mass is 353 g/mol. The van der Waals surface area contributed by atoms with Crippen molar-refractivity contribution >= 4 is 5.82 Å². The fraction of sp³-hybridized carbons (Fsp3) is 0.650. The zero-order valence-corrected chi connectivity index (χ0v) is 15.8. The summed E-state index contributed by atoms with van der Waals surface area (Å²) in [6.07, 6.45) is 6.05. The van der Waals surface area contributed by atoms with E-state index < -0.39 is 0 Å². The van der Waals surface area contributed by atoms with Crippen molar-refractivity contribution in [2.24, 2.45) is 0 Å². The minimum Gasteiger partial charge on any atom is -0.361 e. The molecule has 2 aromatic heterocycles. The summed E-state index contributed by atoms with van der Waals surface area (Å²) in [4.78, 5) is 14.9. The van der Waals surface area contributed by atoms with Gasteiger partial charge in [0.15, 0.2) is 0 Å². The molecular weight excluding hydrogens is 326 g/mol. The maximum atomic E-state index is 5.32. The summed E-state index contributed by atoms with van der Waals surface area (Å²) in [6, 6.07) is 0. The van der Waals surface area contributed by atoms with Crippen LogP contribution >= 0.6 is 0 Å². The Morgan fingerprint density at radius 3 is 2.54 bits per heavy atom. The molecule has 1 saturated heterocycles. The molecule has 2 aromatic rings. The normalized spacial score (nSPS) is 20.6. The average Bonchev–Trinajstić information content (AvgIpc) is 3.33. The molecule has 0 unspecified atom stereocenters. The zero-order valence-electron chi connectivity index (χ0n) is 15.8. The fourth-order valence-corrected chi connectivity index (χ4v) is 4.29. The lowest BCUT2D eigenvalue weighted by molar-refractivity contribution is 0.247. The summed E-state index contributed by atoms with van der Waals surface area (Å²) in [5.41, 5.74) is 5.02. The molecule has 0 N–H and O–H groups in total. The van der Waals surface area contributed by atoms with Crippen LogP contribution in [0.1, 0.15) is 59.3 Å². The molecule has 0 amide bonds. The molecule has 3 aliphatic rings. The lowest BCUT2D eigenvalue weighted by atomic mass is 10.1. The van der Waals surface area contributed by atoms with Crippen LogP contribution in [-0.2, 0) is 19.4 Å². The van der Waals surface area contributed by atoms with Crippen molar-refractivity contribution in [3.8, 4) is 0 Å². The first kappa shape index (κ1) is 16.2. The molecule has 0 bridgehead atoms. The predicted octanol–water partition coefficient (Wildman–Crippen LogP) is 2.77. The smallest absolute Gasteiger partial charge is 0.138 e. The standard InChI is InChI=1S/C20H27N5O/c1-13-17(14(2)26-23-13)12-24-8-10-25(11-9-24)20-16-4-3-5-18(16)21-19(22-20)15-6-7-15/h15H,3-12H2,1-2H3. The zero-order chi connectivity index (χ0) is 17.7. The van der Waals surface area contributed by atoms with Gasteiger partial charge in [0.1, 0.15) is 17.4 Å². The van der Waals surface area contributed by atoms with Crippen LogP contribution in [0.2, 0.25) is 0 Å². The van der Waals surface area contributed by atoms with Gasteiger partial charge in [-0.25, -0.2) is 9.97 Å². The molecule has 138 valence electrons. The molecule has 1 saturated carbocycles. The van der Waals surface area contributed by atoms with E-state index in [9.17, 15) is 0 Å². The largest absolute Gasteiger partial charge is 0.361 e. The van der Waals surface area contributed by atoms with Gasteiger partial charge in [-0.3, -0.25) is 4.90 Å². The third-order valence-corrected chi connectivity index (χ3v) is 6.11. The third-order valence-electron chi connectivity index (χ3n) is 6.11. The van der Waals surface area contributed by atoms with Crippen LogP contribution in [0.4, 0.5) is 5.82 Å². The molecular formula is C20H27N5O. The maximum absolute atomic E-state index is 5.32. The Hall–Kier alpha value is -1.95. The van der Waals surface area contributed by atoms with Gasteiger partial charge in [0.2, 0.25) is 0 Å². The molecule has 1 aliphatic heterocycles. The van der Waals surface area contributed by atoms with Crippen LogP contribution in [0.15, 0.2) is 4.52 Å². The van der Waals surface area contributed by atoms with Crippen molar-refractivity contribution in [2.75, 3.05) is 31.1 Å². The molecule has 26 heavy (non-hydrogen) atoms. The Balaban J connectivity index is 1.31. The van der Waals surface area contributed by atoms with Gasteiger partial charge in [-0.2, -0.15) is 0 Å². The summed E-state index contributed by atoms with van der Waals surface area (Å²) in [7, 11) is 0. The molecule has 2 fully saturated rings. The van der Waals surface area contributed by atoms with Crippen LogP contribution in [0.25, 0.3) is 0 Å². The van der Waals surface area contributed by atoms with E-state index in [2.05, 4.69) is 15.0 Å². The second-order valence-corrected chi connectivity index (χ2v) is 8.02. The van der Waals surface area contributed by atoms with Crippen LogP contribution in [0, 0.1) is 13.8 Å². The van der Waals surface area contributed by atoms with Gasteiger partial charge in [0.25, 0.3) is 0 Å². The first-order valence-electron chi connectivity index (χ1n) is 9.98. The summed E-state index contributed by atoms with van der Waals surface area (Å²) >= 11 is 0. The van der Waals surface area contributed by atoms with Crippen molar-refractivity contribution in [1.82, 2.24) is 20.0 Å². The Labute approximate surface area is 154 Å². The minimum atomic E-state index is 0.625. The summed E-state index contributed by atoms with van der Waals surface area (Å²) in [5, 5.41) is 4.09. The Kier molecular flexibility index (Phi) is 3.96. The molecule has 3 heterocycles. The van der Waals surface area contributed by atoms with Crippen molar-refractivity contribution in [3.05, 3.63) is 34.1 Å². The molecule has 5 rings (SSSR count). The lowest BCUT2D eigenvalue weighted by Gasteiger charge is -2.36. The quantitative estimate of drug-likeness (QED) is 0.842. The second-order valence-electron chi connectivity index (χ2n) is 8.02. The lowest BCUT2D eigenvalue weighted by Crippen LogP contribution is -2.46. The number of aryl methyl sites for hydroxylation is 3. The third kappa shape index (κ3) is 2.90. The van der Waals surface area contributed by atoms with Gasteiger partial charge in [0.05, 0.1) is 5.69 Å². The number of fused-ring (bicyclic) bond motifs is 1. The van der Waals surface area contributed by atoms with Gasteiger partial charge < -0.3 is 9.42 Å². The maximum Gasteiger partial charge on any atom is 0.138 e. The Morgan fingerprint density at radius 1 is 1.04 bits per heavy atom. The van der Waals surface area contributed by atoms with E-state index in [1.807, 2.05) is 13.8 Å². The summed E-state index contributed by atoms with van der Waals surface area (Å²) in [6.45, 7) is 9.17. The highest BCUT2D eigenvalue weighted by Crippen LogP contribution is 2.40. The van der Waals surface area contributed by atoms with E-state index in [4.69, 9.17) is 14.5 Å². The number of hydrogen-bond donors (Lipinski definition) is 0. The SMILES string of the molecule is Cc1noc(C)c1CN1CCN(c2nc(C3CC3)nc3c2CCC3)CC1. The molecule has 6 heteroatoms. The van der Waals surface area contributed by atoms with Crippen LogP contribution in [0.3, 0.4) is 0 Å². The highest BCUT2D eigenvalue weighted by atomic mass is 16.5. The molecule has 0 radical (unpaired) electrons. The topological polar surface area (TPSA) is 58.3 Å². The number of rotatable bonds is 4. The van der Waals surface area contributed by atoms with Crippen molar-refractivity contribution in [3.63, 3.8) is 0 Å². The predicted molar refractivity (Wildman–Crippen MR) is 99.5 cm³/mol. The fourth-order valence-electron chi connectivity index (χ4n) is 4.29. The first-order valence-corrected chi connectivity index (χ1v) is 9.98. The molecule has 6 nitrogen and oxygen atoms in total. The molecule has 0 atom stereocenters. The van der Waals surface area contributed by atoms with Gasteiger partial charge in [-0.15, -0.1) is 0 Å². The first-order chi connectivity index (χ1) is 12.7. The van der Waals surface area contributed by atoms with Crippen molar-refractivity contribution in [2.45, 2.75) is 58.4 Å². The average molecular weight is 353 g/mol. The summed E-state index contributed by atoms with van der Waals surface area (Å²) in [5.74, 6) is 3.93. The van der Waals surface area contributed by atoms with E-state index in [0.717, 1.165) is 62.8 Å². The van der Waals surface area contributed by atoms with E-state index in [0.29, 0.717) is 5.92 Å². The van der Waals surface area contributed by atoms with Crippen LogP contribution in [-0.4, -0.2) is 46.2 Å². The highest BCUT2D eigenvalue weighted by molar-refractivity contribution is 5.52. The number of piperazine rings is 1. The van der Waals surface area contributed by atoms with E-state index in [1.165, 1.54) is 41.9 Å². The van der Waals surface area contributed by atoms with Gasteiger partial charge >= 0.3 is 0 Å². The Bertz CT molecular complexity index is 798. The van der Waals surface area contributed by atoms with E-state index >= 15 is 0 Å². The van der Waals surface area contributed by atoms with Gasteiger partial charge in [-0.05, 0) is 46.0 Å². The van der Waals surface area contributed by atoms with Crippen molar-refractivity contribution in [1.29, 1.82) is 0 Å². The van der Waals surface area contributed by atoms with E-state index in [-0.39, 0.29) is 0 Å². The number of anilines is 1. The van der Waals surface area contributed by atoms with Crippen LogP contribution in [0.5, 0.6) is 0 Å². The molecule has 0 spiro atoms. The number of nitrogens with zero attached hydrogens (tertiary/aromatic N) is 5. The van der Waals surface area contributed by atoms with E-state index in [1.54, 1.807) is 0 Å². The second kappa shape index (κ2) is 6.34. The highest BCUT2D eigenvalue weighted by Gasteiger charge is 2.31. The molecule has 2 aliphatic carbocycles. The number of hydrogen-bond acceptors (Lipinski definition) is 6. The van der Waals surface area contributed by atoms with Gasteiger partial charge in [0, 0.05) is 55.5 Å².